The van der Waals surface area contributed by atoms with Crippen molar-refractivity contribution in [2.45, 2.75) is 12.5 Å². The molecule has 0 fully saturated rings. The standard InChI is InChI=1S/C15H14ClIN2O/c16-11-6-7-14(12(17)9-11)19-15(20)13(18)8-10-4-2-1-3-5-10/h1-7,9,13H,8,18H2,(H,19,20)/t13-/m0/s1. The monoisotopic (exact) mass is 400 g/mol. The highest BCUT2D eigenvalue weighted by atomic mass is 127. The fraction of sp³-hybridized carbons (Fsp3) is 0.133. The second kappa shape index (κ2) is 7.06. The number of nitrogens with one attached hydrogen (secondary N) is 1. The Morgan fingerprint density at radius 3 is 2.60 bits per heavy atom. The summed E-state index contributed by atoms with van der Waals surface area (Å²) < 4.78 is 0.885. The molecule has 0 aromatic heterocycles. The van der Waals surface area contributed by atoms with Gasteiger partial charge in [-0.15, -0.1) is 0 Å². The Hall–Kier alpha value is -1.11. The first-order valence-corrected chi connectivity index (χ1v) is 7.57. The number of rotatable bonds is 4. The summed E-state index contributed by atoms with van der Waals surface area (Å²) >= 11 is 8.01. The minimum absolute atomic E-state index is 0.200. The van der Waals surface area contributed by atoms with E-state index in [-0.39, 0.29) is 5.91 Å². The lowest BCUT2D eigenvalue weighted by Gasteiger charge is -2.13. The average molecular weight is 401 g/mol. The van der Waals surface area contributed by atoms with Gasteiger partial charge in [0, 0.05) is 8.59 Å². The minimum atomic E-state index is -0.580. The van der Waals surface area contributed by atoms with E-state index >= 15 is 0 Å². The smallest absolute Gasteiger partial charge is 0.241 e. The number of anilines is 1. The molecule has 3 N–H and O–H groups in total. The van der Waals surface area contributed by atoms with Crippen LogP contribution in [0, 0.1) is 3.57 Å². The van der Waals surface area contributed by atoms with Gasteiger partial charge in [0.05, 0.1) is 11.7 Å². The Balaban J connectivity index is 2.01. The number of amides is 1. The second-order valence-corrected chi connectivity index (χ2v) is 6.01. The van der Waals surface area contributed by atoms with E-state index < -0.39 is 6.04 Å². The number of halogens is 2. The number of benzene rings is 2. The maximum atomic E-state index is 12.1. The van der Waals surface area contributed by atoms with Crippen molar-refractivity contribution in [1.82, 2.24) is 0 Å². The number of carbonyl (C=O) groups is 1. The summed E-state index contributed by atoms with van der Waals surface area (Å²) in [7, 11) is 0. The topological polar surface area (TPSA) is 55.1 Å². The molecule has 2 rings (SSSR count). The van der Waals surface area contributed by atoms with Crippen LogP contribution in [0.2, 0.25) is 5.02 Å². The van der Waals surface area contributed by atoms with Crippen LogP contribution in [-0.4, -0.2) is 11.9 Å². The summed E-state index contributed by atoms with van der Waals surface area (Å²) in [6, 6.07) is 14.4. The molecule has 0 aliphatic rings. The third-order valence-electron chi connectivity index (χ3n) is 2.82. The molecule has 0 heterocycles. The molecular weight excluding hydrogens is 387 g/mol. The van der Waals surface area contributed by atoms with Crippen molar-refractivity contribution in [3.63, 3.8) is 0 Å². The highest BCUT2D eigenvalue weighted by Crippen LogP contribution is 2.22. The first-order chi connectivity index (χ1) is 9.56. The van der Waals surface area contributed by atoms with Crippen LogP contribution >= 0.6 is 34.2 Å². The molecule has 3 nitrogen and oxygen atoms in total. The largest absolute Gasteiger partial charge is 0.324 e. The Bertz CT molecular complexity index is 604. The molecule has 0 saturated carbocycles. The fourth-order valence-electron chi connectivity index (χ4n) is 1.78. The lowest BCUT2D eigenvalue weighted by Crippen LogP contribution is -2.37. The maximum Gasteiger partial charge on any atom is 0.241 e. The summed E-state index contributed by atoms with van der Waals surface area (Å²) in [6.07, 6.45) is 0.511. The molecule has 0 aliphatic heterocycles. The van der Waals surface area contributed by atoms with Gasteiger partial charge in [0.25, 0.3) is 0 Å². The summed E-state index contributed by atoms with van der Waals surface area (Å²) in [5.41, 5.74) is 7.70. The van der Waals surface area contributed by atoms with Crippen LogP contribution in [-0.2, 0) is 11.2 Å². The Morgan fingerprint density at radius 1 is 1.25 bits per heavy atom. The minimum Gasteiger partial charge on any atom is -0.324 e. The molecular formula is C15H14ClIN2O. The van der Waals surface area contributed by atoms with Crippen LogP contribution in [0.1, 0.15) is 5.56 Å². The van der Waals surface area contributed by atoms with Gasteiger partial charge >= 0.3 is 0 Å². The second-order valence-electron chi connectivity index (χ2n) is 4.41. The molecule has 2 aromatic rings. The highest BCUT2D eigenvalue weighted by Gasteiger charge is 2.15. The normalized spacial score (nSPS) is 11.9. The predicted octanol–water partition coefficient (Wildman–Crippen LogP) is 3.45. The molecule has 0 radical (unpaired) electrons. The van der Waals surface area contributed by atoms with Gasteiger partial charge in [0.2, 0.25) is 5.91 Å². The molecule has 1 amide bonds. The Morgan fingerprint density at radius 2 is 1.95 bits per heavy atom. The highest BCUT2D eigenvalue weighted by molar-refractivity contribution is 14.1. The zero-order valence-electron chi connectivity index (χ0n) is 10.6. The maximum absolute atomic E-state index is 12.1. The van der Waals surface area contributed by atoms with Gasteiger partial charge < -0.3 is 11.1 Å². The van der Waals surface area contributed by atoms with E-state index in [0.29, 0.717) is 11.4 Å². The summed E-state index contributed by atoms with van der Waals surface area (Å²) in [5.74, 6) is -0.200. The third kappa shape index (κ3) is 4.19. The SMILES string of the molecule is N[C@@H](Cc1ccccc1)C(=O)Nc1ccc(Cl)cc1I. The number of hydrogen-bond acceptors (Lipinski definition) is 2. The Kier molecular flexibility index (Phi) is 5.39. The van der Waals surface area contributed by atoms with Gasteiger partial charge in [-0.25, -0.2) is 0 Å². The average Bonchev–Trinajstić information content (AvgIpc) is 2.43. The van der Waals surface area contributed by atoms with E-state index in [4.69, 9.17) is 17.3 Å². The van der Waals surface area contributed by atoms with Crippen molar-refractivity contribution in [3.05, 3.63) is 62.7 Å². The van der Waals surface area contributed by atoms with Gasteiger partial charge in [-0.3, -0.25) is 4.79 Å². The van der Waals surface area contributed by atoms with Gasteiger partial charge in [-0.1, -0.05) is 41.9 Å². The van der Waals surface area contributed by atoms with Gasteiger partial charge in [0.1, 0.15) is 0 Å². The van der Waals surface area contributed by atoms with Crippen LogP contribution in [0.4, 0.5) is 5.69 Å². The van der Waals surface area contributed by atoms with E-state index in [1.54, 1.807) is 18.2 Å². The molecule has 0 spiro atoms. The van der Waals surface area contributed by atoms with Crippen molar-refractivity contribution in [2.24, 2.45) is 5.73 Å². The summed E-state index contributed by atoms with van der Waals surface area (Å²) in [6.45, 7) is 0. The van der Waals surface area contributed by atoms with Crippen LogP contribution in [0.25, 0.3) is 0 Å². The molecule has 1 atom stereocenters. The van der Waals surface area contributed by atoms with Gasteiger partial charge in [-0.2, -0.15) is 0 Å². The van der Waals surface area contributed by atoms with Crippen molar-refractivity contribution < 1.29 is 4.79 Å². The number of nitrogens with two attached hydrogens (primary N) is 1. The molecule has 0 saturated heterocycles. The van der Waals surface area contributed by atoms with Crippen molar-refractivity contribution in [3.8, 4) is 0 Å². The lowest BCUT2D eigenvalue weighted by atomic mass is 10.1. The lowest BCUT2D eigenvalue weighted by molar-refractivity contribution is -0.117. The quantitative estimate of drug-likeness (QED) is 0.772. The molecule has 2 aromatic carbocycles. The van der Waals surface area contributed by atoms with Gasteiger partial charge in [0.15, 0.2) is 0 Å². The van der Waals surface area contributed by atoms with Crippen LogP contribution in [0.5, 0.6) is 0 Å². The zero-order valence-corrected chi connectivity index (χ0v) is 13.6. The van der Waals surface area contributed by atoms with E-state index in [1.165, 1.54) is 0 Å². The van der Waals surface area contributed by atoms with E-state index in [2.05, 4.69) is 27.9 Å². The molecule has 104 valence electrons. The summed E-state index contributed by atoms with van der Waals surface area (Å²) in [4.78, 5) is 12.1. The van der Waals surface area contributed by atoms with E-state index in [9.17, 15) is 4.79 Å². The van der Waals surface area contributed by atoms with E-state index in [0.717, 1.165) is 14.8 Å². The zero-order chi connectivity index (χ0) is 14.5. The molecule has 5 heteroatoms. The molecule has 20 heavy (non-hydrogen) atoms. The first-order valence-electron chi connectivity index (χ1n) is 6.11. The predicted molar refractivity (Wildman–Crippen MR) is 90.9 cm³/mol. The van der Waals surface area contributed by atoms with E-state index in [1.807, 2.05) is 30.3 Å². The third-order valence-corrected chi connectivity index (χ3v) is 3.95. The fourth-order valence-corrected chi connectivity index (χ4v) is 2.78. The van der Waals surface area contributed by atoms with Crippen molar-refractivity contribution in [1.29, 1.82) is 0 Å². The molecule has 0 bridgehead atoms. The number of hydrogen-bond donors (Lipinski definition) is 2. The van der Waals surface area contributed by atoms with Crippen LogP contribution in [0.3, 0.4) is 0 Å². The first kappa shape index (κ1) is 15.3. The van der Waals surface area contributed by atoms with Crippen LogP contribution in [0.15, 0.2) is 48.5 Å². The van der Waals surface area contributed by atoms with Crippen molar-refractivity contribution >= 4 is 45.8 Å². The molecule has 0 aliphatic carbocycles. The number of carbonyl (C=O) groups excluding carboxylic acids is 1. The Labute approximate surface area is 136 Å². The van der Waals surface area contributed by atoms with Crippen LogP contribution < -0.4 is 11.1 Å². The van der Waals surface area contributed by atoms with Gasteiger partial charge in [-0.05, 0) is 52.8 Å². The summed E-state index contributed by atoms with van der Waals surface area (Å²) in [5, 5.41) is 3.47. The molecule has 0 unspecified atom stereocenters. The van der Waals surface area contributed by atoms with Crippen molar-refractivity contribution in [2.75, 3.05) is 5.32 Å².